The van der Waals surface area contributed by atoms with E-state index in [-0.39, 0.29) is 17.1 Å². The highest BCUT2D eigenvalue weighted by atomic mass is 16.5. The van der Waals surface area contributed by atoms with Gasteiger partial charge in [-0.15, -0.1) is 0 Å². The van der Waals surface area contributed by atoms with Crippen LogP contribution in [0.2, 0.25) is 0 Å². The first-order valence-electron chi connectivity index (χ1n) is 12.0. The summed E-state index contributed by atoms with van der Waals surface area (Å²) in [6.45, 7) is 5.50. The number of ether oxygens (including phenoxy) is 1. The summed E-state index contributed by atoms with van der Waals surface area (Å²) in [5, 5.41) is 3.51. The molecule has 5 rings (SSSR count). The first-order valence-corrected chi connectivity index (χ1v) is 12.0. The first-order chi connectivity index (χ1) is 17.2. The molecule has 1 atom stereocenters. The molecule has 1 aliphatic heterocycles. The van der Waals surface area contributed by atoms with Crippen LogP contribution >= 0.6 is 0 Å². The molecule has 1 N–H and O–H groups in total. The van der Waals surface area contributed by atoms with E-state index in [1.54, 1.807) is 35.2 Å². The van der Waals surface area contributed by atoms with Crippen LogP contribution in [-0.2, 0) is 9.59 Å². The van der Waals surface area contributed by atoms with Crippen molar-refractivity contribution in [2.24, 2.45) is 5.41 Å². The topological polar surface area (TPSA) is 75.7 Å². The third-order valence-electron chi connectivity index (χ3n) is 6.58. The van der Waals surface area contributed by atoms with Crippen molar-refractivity contribution in [2.45, 2.75) is 39.7 Å². The van der Waals surface area contributed by atoms with Crippen molar-refractivity contribution in [3.05, 3.63) is 101 Å². The zero-order chi connectivity index (χ0) is 25.4. The Labute approximate surface area is 210 Å². The number of benzene rings is 3. The summed E-state index contributed by atoms with van der Waals surface area (Å²) in [5.74, 6) is -0.301. The Morgan fingerprint density at radius 3 is 2.42 bits per heavy atom. The molecule has 0 fully saturated rings. The smallest absolute Gasteiger partial charge is 0.308 e. The lowest BCUT2D eigenvalue weighted by Crippen LogP contribution is -2.39. The molecule has 0 radical (unpaired) electrons. The van der Waals surface area contributed by atoms with E-state index in [2.05, 4.69) is 19.2 Å². The molecule has 0 spiro atoms. The van der Waals surface area contributed by atoms with E-state index in [0.29, 0.717) is 41.0 Å². The summed E-state index contributed by atoms with van der Waals surface area (Å²) < 4.78 is 5.36. The summed E-state index contributed by atoms with van der Waals surface area (Å²) in [6.07, 6.45) is 1.03. The minimum absolute atomic E-state index is 0.00435. The van der Waals surface area contributed by atoms with Gasteiger partial charge in [0.2, 0.25) is 0 Å². The summed E-state index contributed by atoms with van der Waals surface area (Å²) >= 11 is 0. The van der Waals surface area contributed by atoms with Crippen LogP contribution < -0.4 is 15.0 Å². The van der Waals surface area contributed by atoms with E-state index in [4.69, 9.17) is 4.74 Å². The van der Waals surface area contributed by atoms with Crippen LogP contribution in [0.15, 0.2) is 90.1 Å². The van der Waals surface area contributed by atoms with Crippen LogP contribution in [0.5, 0.6) is 5.75 Å². The summed E-state index contributed by atoms with van der Waals surface area (Å²) in [5.41, 5.74) is 3.80. The highest BCUT2D eigenvalue weighted by Crippen LogP contribution is 2.49. The predicted octanol–water partition coefficient (Wildman–Crippen LogP) is 6.07. The van der Waals surface area contributed by atoms with Crippen LogP contribution in [-0.4, -0.2) is 17.7 Å². The standard InChI is InChI=1S/C30H28N2O4/c1-19(33)36-22-13-9-12-21(16-22)28-27-24(17-30(2,3)18-26(27)34)31-23-14-7-8-15-25(23)32(28)29(35)20-10-5-4-6-11-20/h4-16,28,31H,17-18H2,1-3H3/t28-/m0/s1. The quantitative estimate of drug-likeness (QED) is 0.364. The van der Waals surface area contributed by atoms with Crippen LogP contribution in [0.4, 0.5) is 11.4 Å². The zero-order valence-electron chi connectivity index (χ0n) is 20.6. The number of Topliss-reactive ketones (excluding diaryl/α,β-unsaturated/α-hetero) is 1. The summed E-state index contributed by atoms with van der Waals surface area (Å²) in [4.78, 5) is 41.3. The number of nitrogens with one attached hydrogen (secondary N) is 1. The maximum atomic E-state index is 14.1. The van der Waals surface area contributed by atoms with E-state index < -0.39 is 12.0 Å². The minimum Gasteiger partial charge on any atom is -0.427 e. The molecule has 1 aliphatic carbocycles. The van der Waals surface area contributed by atoms with Gasteiger partial charge >= 0.3 is 5.97 Å². The van der Waals surface area contributed by atoms with Crippen molar-refractivity contribution in [3.8, 4) is 5.75 Å². The Kier molecular flexibility index (Phi) is 5.96. The lowest BCUT2D eigenvalue weighted by molar-refractivity contribution is -0.131. The van der Waals surface area contributed by atoms with Crippen LogP contribution in [0.1, 0.15) is 55.6 Å². The molecule has 0 unspecified atom stereocenters. The summed E-state index contributed by atoms with van der Waals surface area (Å²) in [7, 11) is 0. The van der Waals surface area contributed by atoms with Gasteiger partial charge in [0, 0.05) is 30.2 Å². The Morgan fingerprint density at radius 2 is 1.67 bits per heavy atom. The Morgan fingerprint density at radius 1 is 0.944 bits per heavy atom. The molecule has 0 saturated carbocycles. The van der Waals surface area contributed by atoms with Crippen molar-refractivity contribution < 1.29 is 19.1 Å². The number of fused-ring (bicyclic) bond motifs is 1. The van der Waals surface area contributed by atoms with Crippen LogP contribution in [0.3, 0.4) is 0 Å². The van der Waals surface area contributed by atoms with Gasteiger partial charge in [-0.3, -0.25) is 19.3 Å². The van der Waals surface area contributed by atoms with Crippen molar-refractivity contribution in [2.75, 3.05) is 10.2 Å². The van der Waals surface area contributed by atoms with Crippen molar-refractivity contribution in [1.29, 1.82) is 0 Å². The van der Waals surface area contributed by atoms with E-state index in [9.17, 15) is 14.4 Å². The van der Waals surface area contributed by atoms with Crippen molar-refractivity contribution in [3.63, 3.8) is 0 Å². The van der Waals surface area contributed by atoms with Gasteiger partial charge in [-0.05, 0) is 53.8 Å². The normalized spacial score (nSPS) is 18.5. The molecule has 0 saturated heterocycles. The Balaban J connectivity index is 1.78. The molecule has 36 heavy (non-hydrogen) atoms. The highest BCUT2D eigenvalue weighted by molar-refractivity contribution is 6.12. The van der Waals surface area contributed by atoms with Crippen molar-refractivity contribution >= 4 is 29.0 Å². The fourth-order valence-electron chi connectivity index (χ4n) is 5.16. The average Bonchev–Trinajstić information content (AvgIpc) is 2.97. The predicted molar refractivity (Wildman–Crippen MR) is 139 cm³/mol. The SMILES string of the molecule is CC(=O)Oc1cccc([C@H]2C3=C(CC(C)(C)CC3=O)Nc3ccccc3N2C(=O)c2ccccc2)c1. The maximum absolute atomic E-state index is 14.1. The molecule has 1 heterocycles. The fraction of sp³-hybridized carbons (Fsp3) is 0.233. The molecular formula is C30H28N2O4. The molecule has 6 heteroatoms. The summed E-state index contributed by atoms with van der Waals surface area (Å²) in [6, 6.07) is 23.0. The second-order valence-corrected chi connectivity index (χ2v) is 10.1. The monoisotopic (exact) mass is 480 g/mol. The second-order valence-electron chi connectivity index (χ2n) is 10.1. The minimum atomic E-state index is -0.706. The van der Waals surface area contributed by atoms with Gasteiger partial charge in [0.05, 0.1) is 17.4 Å². The number of esters is 1. The molecule has 3 aromatic carbocycles. The molecule has 182 valence electrons. The number of ketones is 1. The number of hydrogen-bond acceptors (Lipinski definition) is 5. The van der Waals surface area contributed by atoms with Crippen molar-refractivity contribution in [1.82, 2.24) is 0 Å². The number of hydrogen-bond donors (Lipinski definition) is 1. The van der Waals surface area contributed by atoms with Gasteiger partial charge in [0.15, 0.2) is 5.78 Å². The van der Waals surface area contributed by atoms with E-state index in [1.807, 2.05) is 48.5 Å². The van der Waals surface area contributed by atoms with E-state index in [1.165, 1.54) is 6.92 Å². The third kappa shape index (κ3) is 4.42. The van der Waals surface area contributed by atoms with Gasteiger partial charge in [-0.2, -0.15) is 0 Å². The number of amides is 1. The number of carbonyl (C=O) groups is 3. The number of anilines is 2. The van der Waals surface area contributed by atoms with Gasteiger partial charge in [-0.25, -0.2) is 0 Å². The van der Waals surface area contributed by atoms with Gasteiger partial charge in [-0.1, -0.05) is 56.3 Å². The molecular weight excluding hydrogens is 452 g/mol. The number of carbonyl (C=O) groups excluding carboxylic acids is 3. The largest absolute Gasteiger partial charge is 0.427 e. The lowest BCUT2D eigenvalue weighted by Gasteiger charge is -2.37. The Hall–Kier alpha value is -4.19. The molecule has 2 aliphatic rings. The highest BCUT2D eigenvalue weighted by Gasteiger charge is 2.43. The molecule has 0 bridgehead atoms. The van der Waals surface area contributed by atoms with Crippen LogP contribution in [0, 0.1) is 5.41 Å². The van der Waals surface area contributed by atoms with E-state index >= 15 is 0 Å². The number of para-hydroxylation sites is 2. The first kappa shape index (κ1) is 23.5. The van der Waals surface area contributed by atoms with Gasteiger partial charge < -0.3 is 10.1 Å². The number of nitrogens with zero attached hydrogens (tertiary/aromatic N) is 1. The van der Waals surface area contributed by atoms with Gasteiger partial charge in [0.25, 0.3) is 5.91 Å². The third-order valence-corrected chi connectivity index (χ3v) is 6.58. The van der Waals surface area contributed by atoms with E-state index in [0.717, 1.165) is 11.4 Å². The average molecular weight is 481 g/mol. The molecule has 1 amide bonds. The zero-order valence-corrected chi connectivity index (χ0v) is 20.6. The lowest BCUT2D eigenvalue weighted by atomic mass is 9.73. The fourth-order valence-corrected chi connectivity index (χ4v) is 5.16. The molecule has 3 aromatic rings. The Bertz CT molecular complexity index is 1390. The number of allylic oxidation sites excluding steroid dienone is 1. The number of rotatable bonds is 3. The molecule has 6 nitrogen and oxygen atoms in total. The van der Waals surface area contributed by atoms with Crippen LogP contribution in [0.25, 0.3) is 0 Å². The molecule has 0 aromatic heterocycles. The van der Waals surface area contributed by atoms with Gasteiger partial charge in [0.1, 0.15) is 5.75 Å². The second kappa shape index (κ2) is 9.11. The maximum Gasteiger partial charge on any atom is 0.308 e.